The number of carbonyl (C=O) groups is 1. The van der Waals surface area contributed by atoms with Crippen molar-refractivity contribution >= 4 is 5.91 Å². The minimum Gasteiger partial charge on any atom is -0.348 e. The third kappa shape index (κ3) is 2.68. The first kappa shape index (κ1) is 14.2. The van der Waals surface area contributed by atoms with Crippen LogP contribution >= 0.6 is 0 Å². The van der Waals surface area contributed by atoms with Crippen molar-refractivity contribution in [2.45, 2.75) is 20.4 Å². The van der Waals surface area contributed by atoms with Crippen LogP contribution in [-0.4, -0.2) is 15.7 Å². The number of nitrogens with one attached hydrogen (secondary N) is 1. The van der Waals surface area contributed by atoms with Gasteiger partial charge in [0, 0.05) is 30.9 Å². The maximum atomic E-state index is 13.5. The first-order valence-corrected chi connectivity index (χ1v) is 6.12. The number of rotatable bonds is 3. The van der Waals surface area contributed by atoms with Crippen LogP contribution in [0.3, 0.4) is 0 Å². The minimum atomic E-state index is -0.873. The number of halogens is 2. The number of aryl methyl sites for hydroxylation is 2. The molecule has 0 saturated heterocycles. The average molecular weight is 279 g/mol. The Morgan fingerprint density at radius 1 is 1.35 bits per heavy atom. The summed E-state index contributed by atoms with van der Waals surface area (Å²) in [4.78, 5) is 11.9. The predicted molar refractivity (Wildman–Crippen MR) is 70.2 cm³/mol. The van der Waals surface area contributed by atoms with E-state index in [1.807, 2.05) is 20.9 Å². The Hall–Kier alpha value is -2.24. The molecule has 4 nitrogen and oxygen atoms in total. The zero-order valence-electron chi connectivity index (χ0n) is 11.5. The molecule has 6 heteroatoms. The molecule has 0 fully saturated rings. The van der Waals surface area contributed by atoms with Crippen LogP contribution in [0.5, 0.6) is 0 Å². The lowest BCUT2D eigenvalue weighted by atomic mass is 10.1. The average Bonchev–Trinajstić information content (AvgIpc) is 2.61. The van der Waals surface area contributed by atoms with Crippen LogP contribution in [0, 0.1) is 25.5 Å². The molecule has 0 atom stereocenters. The highest BCUT2D eigenvalue weighted by Crippen LogP contribution is 2.13. The first-order chi connectivity index (χ1) is 9.40. The monoisotopic (exact) mass is 279 g/mol. The zero-order valence-corrected chi connectivity index (χ0v) is 11.5. The van der Waals surface area contributed by atoms with Crippen molar-refractivity contribution in [2.24, 2.45) is 7.05 Å². The summed E-state index contributed by atoms with van der Waals surface area (Å²) in [6, 6.07) is 2.87. The second kappa shape index (κ2) is 5.40. The van der Waals surface area contributed by atoms with E-state index in [2.05, 4.69) is 10.4 Å². The van der Waals surface area contributed by atoms with Gasteiger partial charge in [-0.05, 0) is 26.0 Å². The maximum Gasteiger partial charge on any atom is 0.254 e. The van der Waals surface area contributed by atoms with Gasteiger partial charge in [0.15, 0.2) is 0 Å². The van der Waals surface area contributed by atoms with E-state index in [-0.39, 0.29) is 12.1 Å². The Labute approximate surface area is 115 Å². The summed E-state index contributed by atoms with van der Waals surface area (Å²) < 4.78 is 28.0. The van der Waals surface area contributed by atoms with Gasteiger partial charge in [0.2, 0.25) is 0 Å². The van der Waals surface area contributed by atoms with Gasteiger partial charge in [0.25, 0.3) is 5.91 Å². The number of benzene rings is 1. The summed E-state index contributed by atoms with van der Waals surface area (Å²) >= 11 is 0. The van der Waals surface area contributed by atoms with Crippen LogP contribution < -0.4 is 5.32 Å². The summed E-state index contributed by atoms with van der Waals surface area (Å²) in [5, 5.41) is 6.85. The lowest BCUT2D eigenvalue weighted by molar-refractivity contribution is 0.0946. The molecule has 1 aromatic heterocycles. The normalized spacial score (nSPS) is 10.7. The standard InChI is InChI=1S/C14H15F2N3O/c1-8-12(9(2)19(3)18-8)7-17-14(20)11-5-4-10(15)6-13(11)16/h4-6H,7H2,1-3H3,(H,17,20). The molecule has 0 saturated carbocycles. The van der Waals surface area contributed by atoms with Gasteiger partial charge in [-0.2, -0.15) is 5.10 Å². The SMILES string of the molecule is Cc1nn(C)c(C)c1CNC(=O)c1ccc(F)cc1F. The molecule has 2 aromatic rings. The minimum absolute atomic E-state index is 0.175. The highest BCUT2D eigenvalue weighted by atomic mass is 19.1. The van der Waals surface area contributed by atoms with Crippen LogP contribution in [0.25, 0.3) is 0 Å². The van der Waals surface area contributed by atoms with E-state index in [0.29, 0.717) is 6.07 Å². The Kier molecular flexibility index (Phi) is 3.83. The van der Waals surface area contributed by atoms with Crippen molar-refractivity contribution in [3.05, 3.63) is 52.3 Å². The topological polar surface area (TPSA) is 46.9 Å². The lowest BCUT2D eigenvalue weighted by Crippen LogP contribution is -2.24. The highest BCUT2D eigenvalue weighted by Gasteiger charge is 2.14. The van der Waals surface area contributed by atoms with Gasteiger partial charge < -0.3 is 5.32 Å². The van der Waals surface area contributed by atoms with Gasteiger partial charge in [-0.25, -0.2) is 8.78 Å². The Morgan fingerprint density at radius 3 is 2.60 bits per heavy atom. The van der Waals surface area contributed by atoms with Crippen LogP contribution in [-0.2, 0) is 13.6 Å². The van der Waals surface area contributed by atoms with Crippen molar-refractivity contribution in [2.75, 3.05) is 0 Å². The van der Waals surface area contributed by atoms with Gasteiger partial charge >= 0.3 is 0 Å². The molecule has 0 bridgehead atoms. The summed E-state index contributed by atoms with van der Waals surface area (Å²) in [6.07, 6.45) is 0. The van der Waals surface area contributed by atoms with Crippen LogP contribution in [0.4, 0.5) is 8.78 Å². The van der Waals surface area contributed by atoms with E-state index >= 15 is 0 Å². The first-order valence-electron chi connectivity index (χ1n) is 6.12. The van der Waals surface area contributed by atoms with E-state index in [9.17, 15) is 13.6 Å². The van der Waals surface area contributed by atoms with E-state index in [1.165, 1.54) is 0 Å². The molecule has 0 radical (unpaired) electrons. The van der Waals surface area contributed by atoms with E-state index in [4.69, 9.17) is 0 Å². The molecule has 2 rings (SSSR count). The number of hydrogen-bond acceptors (Lipinski definition) is 2. The second-order valence-electron chi connectivity index (χ2n) is 4.58. The van der Waals surface area contributed by atoms with Crippen LogP contribution in [0.15, 0.2) is 18.2 Å². The van der Waals surface area contributed by atoms with Crippen molar-refractivity contribution in [1.29, 1.82) is 0 Å². The molecule has 0 aliphatic rings. The van der Waals surface area contributed by atoms with Gasteiger partial charge in [0.1, 0.15) is 11.6 Å². The molecular weight excluding hydrogens is 264 g/mol. The Balaban J connectivity index is 2.12. The van der Waals surface area contributed by atoms with Crippen molar-refractivity contribution in [3.8, 4) is 0 Å². The molecule has 0 spiro atoms. The Morgan fingerprint density at radius 2 is 2.05 bits per heavy atom. The molecule has 1 amide bonds. The largest absolute Gasteiger partial charge is 0.348 e. The molecule has 20 heavy (non-hydrogen) atoms. The summed E-state index contributed by atoms with van der Waals surface area (Å²) in [6.45, 7) is 3.98. The summed E-state index contributed by atoms with van der Waals surface area (Å²) in [5.41, 5.74) is 2.46. The quantitative estimate of drug-likeness (QED) is 0.936. The fourth-order valence-electron chi connectivity index (χ4n) is 2.01. The molecule has 0 aliphatic heterocycles. The van der Waals surface area contributed by atoms with Crippen LogP contribution in [0.2, 0.25) is 0 Å². The molecule has 1 heterocycles. The highest BCUT2D eigenvalue weighted by molar-refractivity contribution is 5.94. The number of amides is 1. The molecular formula is C14H15F2N3O. The zero-order chi connectivity index (χ0) is 14.9. The fraction of sp³-hybridized carbons (Fsp3) is 0.286. The van der Waals surface area contributed by atoms with Crippen molar-refractivity contribution in [1.82, 2.24) is 15.1 Å². The molecule has 1 N–H and O–H groups in total. The molecule has 0 unspecified atom stereocenters. The number of aromatic nitrogens is 2. The van der Waals surface area contributed by atoms with Crippen LogP contribution in [0.1, 0.15) is 27.3 Å². The van der Waals surface area contributed by atoms with E-state index < -0.39 is 17.5 Å². The summed E-state index contributed by atoms with van der Waals surface area (Å²) in [7, 11) is 1.81. The lowest BCUT2D eigenvalue weighted by Gasteiger charge is -2.07. The van der Waals surface area contributed by atoms with E-state index in [0.717, 1.165) is 29.1 Å². The van der Waals surface area contributed by atoms with Gasteiger partial charge in [0.05, 0.1) is 11.3 Å². The fourth-order valence-corrected chi connectivity index (χ4v) is 2.01. The van der Waals surface area contributed by atoms with Gasteiger partial charge in [-0.15, -0.1) is 0 Å². The van der Waals surface area contributed by atoms with Crippen molar-refractivity contribution < 1.29 is 13.6 Å². The smallest absolute Gasteiger partial charge is 0.254 e. The number of nitrogens with zero attached hydrogens (tertiary/aromatic N) is 2. The van der Waals surface area contributed by atoms with E-state index in [1.54, 1.807) is 4.68 Å². The third-order valence-electron chi connectivity index (χ3n) is 3.26. The maximum absolute atomic E-state index is 13.5. The summed E-state index contributed by atoms with van der Waals surface area (Å²) in [5.74, 6) is -2.16. The van der Waals surface area contributed by atoms with Gasteiger partial charge in [-0.3, -0.25) is 9.48 Å². The number of hydrogen-bond donors (Lipinski definition) is 1. The Bertz CT molecular complexity index is 665. The molecule has 1 aromatic carbocycles. The second-order valence-corrected chi connectivity index (χ2v) is 4.58. The molecule has 0 aliphatic carbocycles. The van der Waals surface area contributed by atoms with Gasteiger partial charge in [-0.1, -0.05) is 0 Å². The third-order valence-corrected chi connectivity index (χ3v) is 3.26. The number of carbonyl (C=O) groups excluding carboxylic acids is 1. The van der Waals surface area contributed by atoms with Crippen molar-refractivity contribution in [3.63, 3.8) is 0 Å². The molecule has 106 valence electrons. The predicted octanol–water partition coefficient (Wildman–Crippen LogP) is 2.25.